The van der Waals surface area contributed by atoms with E-state index in [1.54, 1.807) is 24.3 Å². The number of aromatic nitrogens is 1. The molecule has 0 unspecified atom stereocenters. The van der Waals surface area contributed by atoms with Gasteiger partial charge < -0.3 is 15.1 Å². The summed E-state index contributed by atoms with van der Waals surface area (Å²) in [5, 5.41) is 4.88. The van der Waals surface area contributed by atoms with Crippen LogP contribution in [0.15, 0.2) is 90.2 Å². The van der Waals surface area contributed by atoms with Crippen LogP contribution in [0.3, 0.4) is 0 Å². The number of nitrogen functional groups attached to an aromatic ring is 1. The van der Waals surface area contributed by atoms with Gasteiger partial charge in [-0.25, -0.2) is 4.79 Å². The smallest absolute Gasteiger partial charge is 0.365 e. The number of ketones is 1. The molecule has 0 bridgehead atoms. The lowest BCUT2D eigenvalue weighted by atomic mass is 10.0. The number of carbonyl (C=O) groups excluding carboxylic acids is 2. The van der Waals surface area contributed by atoms with Crippen molar-refractivity contribution in [2.45, 2.75) is 39.0 Å². The Kier molecular flexibility index (Phi) is 7.73. The summed E-state index contributed by atoms with van der Waals surface area (Å²) in [5.74, 6) is -0.832. The molecule has 35 heavy (non-hydrogen) atoms. The molecule has 1 heterocycles. The van der Waals surface area contributed by atoms with Gasteiger partial charge in [-0.2, -0.15) is 0 Å². The zero-order valence-corrected chi connectivity index (χ0v) is 19.8. The van der Waals surface area contributed by atoms with Gasteiger partial charge in [-0.15, -0.1) is 0 Å². The lowest BCUT2D eigenvalue weighted by Crippen LogP contribution is -2.16. The normalized spacial score (nSPS) is 11.5. The van der Waals surface area contributed by atoms with Gasteiger partial charge in [-0.3, -0.25) is 4.79 Å². The third-order valence-corrected chi connectivity index (χ3v) is 5.91. The van der Waals surface area contributed by atoms with Gasteiger partial charge in [0.05, 0.1) is 11.1 Å². The Morgan fingerprint density at radius 3 is 2.34 bits per heavy atom. The molecule has 178 valence electrons. The van der Waals surface area contributed by atoms with Crippen LogP contribution in [0.1, 0.15) is 59.7 Å². The molecule has 0 fully saturated rings. The van der Waals surface area contributed by atoms with Crippen molar-refractivity contribution in [2.75, 3.05) is 5.73 Å². The Hall–Kier alpha value is -4.19. The maximum absolute atomic E-state index is 13.7. The molecule has 0 aliphatic rings. The molecular weight excluding hydrogens is 438 g/mol. The highest BCUT2D eigenvalue weighted by Gasteiger charge is 2.22. The monoisotopic (exact) mass is 467 g/mol. The van der Waals surface area contributed by atoms with E-state index in [0.29, 0.717) is 23.2 Å². The third kappa shape index (κ3) is 5.66. The van der Waals surface area contributed by atoms with E-state index in [4.69, 9.17) is 10.6 Å². The van der Waals surface area contributed by atoms with Crippen LogP contribution in [0.4, 0.5) is 5.69 Å². The lowest BCUT2D eigenvalue weighted by Gasteiger charge is -2.06. The number of anilines is 1. The average molecular weight is 468 g/mol. The van der Waals surface area contributed by atoms with Crippen LogP contribution >= 0.6 is 0 Å². The van der Waals surface area contributed by atoms with Crippen molar-refractivity contribution in [1.82, 2.24) is 4.57 Å². The second-order valence-electron chi connectivity index (χ2n) is 8.44. The fraction of sp³-hybridized carbons (Fsp3) is 0.207. The van der Waals surface area contributed by atoms with Crippen molar-refractivity contribution >= 4 is 34.1 Å². The summed E-state index contributed by atoms with van der Waals surface area (Å²) >= 11 is 0. The molecule has 0 saturated carbocycles. The molecule has 0 amide bonds. The van der Waals surface area contributed by atoms with Gasteiger partial charge >= 0.3 is 5.97 Å². The number of fused-ring (bicyclic) bond motifs is 1. The molecule has 6 heteroatoms. The lowest BCUT2D eigenvalue weighted by molar-refractivity contribution is 0.0514. The quantitative estimate of drug-likeness (QED) is 0.0713. The number of benzene rings is 3. The van der Waals surface area contributed by atoms with Crippen LogP contribution in [0.2, 0.25) is 0 Å². The minimum absolute atomic E-state index is 0.241. The van der Waals surface area contributed by atoms with Gasteiger partial charge in [-0.05, 0) is 55.3 Å². The topological polar surface area (TPSA) is 86.7 Å². The molecule has 0 aliphatic carbocycles. The maximum atomic E-state index is 13.7. The Balaban J connectivity index is 1.68. The van der Waals surface area contributed by atoms with E-state index in [0.717, 1.165) is 42.3 Å². The van der Waals surface area contributed by atoms with E-state index in [9.17, 15) is 9.59 Å². The fourth-order valence-corrected chi connectivity index (χ4v) is 4.01. The van der Waals surface area contributed by atoms with E-state index >= 15 is 0 Å². The van der Waals surface area contributed by atoms with Gasteiger partial charge in [0.2, 0.25) is 5.78 Å². The summed E-state index contributed by atoms with van der Waals surface area (Å²) in [6, 6.07) is 23.8. The molecular formula is C29H29N3O3. The first kappa shape index (κ1) is 24.0. The molecule has 0 atom stereocenters. The maximum Gasteiger partial charge on any atom is 0.365 e. The number of rotatable bonds is 10. The standard InChI is InChI=1S/C29H29N3O3/c1-2-3-4-8-14-26(31-35-29(34)21-11-6-5-7-12-21)28(33)25-20-32(23-18-16-22(30)17-19-23)27-15-10-9-13-24(25)27/h5-7,9-13,15-20H,2-4,8,14,30H2,1H3/b31-26+. The minimum atomic E-state index is -0.589. The summed E-state index contributed by atoms with van der Waals surface area (Å²) < 4.78 is 1.96. The molecule has 2 N–H and O–H groups in total. The van der Waals surface area contributed by atoms with Gasteiger partial charge in [-0.1, -0.05) is 67.7 Å². The SMILES string of the molecule is CCCCCC/C(=N\OC(=O)c1ccccc1)C(=O)c1cn(-c2ccc(N)cc2)c2ccccc12. The van der Waals surface area contributed by atoms with Gasteiger partial charge in [0.1, 0.15) is 5.71 Å². The fourth-order valence-electron chi connectivity index (χ4n) is 4.01. The molecule has 1 aromatic heterocycles. The Labute approximate surface area is 205 Å². The van der Waals surface area contributed by atoms with Crippen molar-refractivity contribution in [1.29, 1.82) is 0 Å². The van der Waals surface area contributed by atoms with Crippen molar-refractivity contribution in [3.05, 3.63) is 96.2 Å². The highest BCUT2D eigenvalue weighted by atomic mass is 16.7. The van der Waals surface area contributed by atoms with E-state index in [-0.39, 0.29) is 11.5 Å². The van der Waals surface area contributed by atoms with Crippen molar-refractivity contribution in [3.63, 3.8) is 0 Å². The minimum Gasteiger partial charge on any atom is -0.399 e. The molecule has 0 saturated heterocycles. The number of hydrogen-bond acceptors (Lipinski definition) is 5. The second kappa shape index (κ2) is 11.3. The first-order valence-corrected chi connectivity index (χ1v) is 11.9. The van der Waals surface area contributed by atoms with Crippen molar-refractivity contribution in [3.8, 4) is 5.69 Å². The molecule has 0 radical (unpaired) electrons. The molecule has 4 rings (SSSR count). The van der Waals surface area contributed by atoms with Gasteiger partial charge in [0.25, 0.3) is 0 Å². The summed E-state index contributed by atoms with van der Waals surface area (Å²) in [7, 11) is 0. The first-order valence-electron chi connectivity index (χ1n) is 11.9. The first-order chi connectivity index (χ1) is 17.1. The summed E-state index contributed by atoms with van der Waals surface area (Å²) in [4.78, 5) is 31.4. The molecule has 0 spiro atoms. The predicted molar refractivity (Wildman–Crippen MR) is 140 cm³/mol. The van der Waals surface area contributed by atoms with Gasteiger partial charge in [0.15, 0.2) is 0 Å². The highest BCUT2D eigenvalue weighted by Crippen LogP contribution is 2.27. The number of unbranched alkanes of at least 4 members (excludes halogenated alkanes) is 3. The summed E-state index contributed by atoms with van der Waals surface area (Å²) in [6.07, 6.45) is 6.17. The van der Waals surface area contributed by atoms with E-state index in [1.165, 1.54) is 0 Å². The third-order valence-electron chi connectivity index (χ3n) is 5.91. The Bertz CT molecular complexity index is 1340. The number of hydrogen-bond donors (Lipinski definition) is 1. The van der Waals surface area contributed by atoms with Crippen LogP contribution < -0.4 is 5.73 Å². The zero-order valence-electron chi connectivity index (χ0n) is 19.8. The largest absolute Gasteiger partial charge is 0.399 e. The Morgan fingerprint density at radius 1 is 0.886 bits per heavy atom. The van der Waals surface area contributed by atoms with Crippen LogP contribution in [-0.4, -0.2) is 22.0 Å². The second-order valence-corrected chi connectivity index (χ2v) is 8.44. The number of oxime groups is 1. The van der Waals surface area contributed by atoms with Gasteiger partial charge in [0, 0.05) is 28.5 Å². The predicted octanol–water partition coefficient (Wildman–Crippen LogP) is 6.58. The summed E-state index contributed by atoms with van der Waals surface area (Å²) in [6.45, 7) is 2.13. The number of Topliss-reactive ketones (excluding diaryl/α,β-unsaturated/α-hetero) is 1. The number of nitrogens with two attached hydrogens (primary N) is 1. The molecule has 6 nitrogen and oxygen atoms in total. The number of carbonyl (C=O) groups is 2. The zero-order chi connectivity index (χ0) is 24.6. The van der Waals surface area contributed by atoms with Crippen LogP contribution in [0, 0.1) is 0 Å². The van der Waals surface area contributed by atoms with Crippen LogP contribution in [0.25, 0.3) is 16.6 Å². The van der Waals surface area contributed by atoms with Crippen LogP contribution in [0.5, 0.6) is 0 Å². The summed E-state index contributed by atoms with van der Waals surface area (Å²) in [5.41, 5.74) is 9.46. The highest BCUT2D eigenvalue weighted by molar-refractivity contribution is 6.47. The molecule has 0 aliphatic heterocycles. The Morgan fingerprint density at radius 2 is 1.60 bits per heavy atom. The van der Waals surface area contributed by atoms with E-state index < -0.39 is 5.97 Å². The average Bonchev–Trinajstić information content (AvgIpc) is 3.28. The van der Waals surface area contributed by atoms with Crippen LogP contribution in [-0.2, 0) is 4.84 Å². The molecule has 3 aromatic carbocycles. The van der Waals surface area contributed by atoms with Crippen molar-refractivity contribution in [2.24, 2.45) is 5.16 Å². The van der Waals surface area contributed by atoms with E-state index in [1.807, 2.05) is 65.4 Å². The molecule has 4 aromatic rings. The van der Waals surface area contributed by atoms with Crippen molar-refractivity contribution < 1.29 is 14.4 Å². The number of para-hydroxylation sites is 1. The van der Waals surface area contributed by atoms with E-state index in [2.05, 4.69) is 12.1 Å². The number of nitrogens with zero attached hydrogens (tertiary/aromatic N) is 2.